The van der Waals surface area contributed by atoms with Crippen LogP contribution in [0.4, 0.5) is 0 Å². The third-order valence-corrected chi connectivity index (χ3v) is 3.26. The molecule has 1 heterocycles. The lowest BCUT2D eigenvalue weighted by Crippen LogP contribution is -2.36. The predicted octanol–water partition coefficient (Wildman–Crippen LogP) is 0.884. The van der Waals surface area contributed by atoms with Gasteiger partial charge in [-0.25, -0.2) is 0 Å². The third-order valence-electron chi connectivity index (χ3n) is 3.26. The smallest absolute Gasteiger partial charge is 0.0791 e. The summed E-state index contributed by atoms with van der Waals surface area (Å²) in [5.74, 6) is 0. The van der Waals surface area contributed by atoms with E-state index in [4.69, 9.17) is 0 Å². The molecule has 0 saturated carbocycles. The van der Waals surface area contributed by atoms with E-state index in [2.05, 4.69) is 41.4 Å². The highest BCUT2D eigenvalue weighted by Crippen LogP contribution is 2.05. The molecule has 0 spiro atoms. The Morgan fingerprint density at radius 3 is 2.82 bits per heavy atom. The Kier molecular flexibility index (Phi) is 4.54. The van der Waals surface area contributed by atoms with Crippen LogP contribution in [0.2, 0.25) is 0 Å². The molecule has 0 bridgehead atoms. The number of aliphatic hydroxyl groups is 1. The highest BCUT2D eigenvalue weighted by molar-refractivity contribution is 5.14. The van der Waals surface area contributed by atoms with Crippen molar-refractivity contribution in [2.24, 2.45) is 0 Å². The summed E-state index contributed by atoms with van der Waals surface area (Å²) < 4.78 is 0. The molecule has 0 aliphatic carbocycles. The van der Waals surface area contributed by atoms with Gasteiger partial charge in [0.1, 0.15) is 0 Å². The number of nitrogens with one attached hydrogen (secondary N) is 1. The molecule has 1 saturated heterocycles. The van der Waals surface area contributed by atoms with E-state index in [-0.39, 0.29) is 6.10 Å². The van der Waals surface area contributed by atoms with Crippen LogP contribution in [0.25, 0.3) is 0 Å². The molecule has 2 rings (SSSR count). The van der Waals surface area contributed by atoms with Gasteiger partial charge >= 0.3 is 0 Å². The first-order valence-corrected chi connectivity index (χ1v) is 6.42. The van der Waals surface area contributed by atoms with E-state index in [9.17, 15) is 5.11 Å². The van der Waals surface area contributed by atoms with Crippen molar-refractivity contribution in [2.75, 3.05) is 26.2 Å². The summed E-state index contributed by atoms with van der Waals surface area (Å²) in [4.78, 5) is 2.35. The molecular formula is C14H22N2O. The molecule has 3 heteroatoms. The molecule has 3 nitrogen and oxygen atoms in total. The minimum atomic E-state index is -0.240. The van der Waals surface area contributed by atoms with Gasteiger partial charge in [0, 0.05) is 32.2 Å². The van der Waals surface area contributed by atoms with Crippen molar-refractivity contribution in [3.05, 3.63) is 35.9 Å². The quantitative estimate of drug-likeness (QED) is 0.815. The van der Waals surface area contributed by atoms with Crippen molar-refractivity contribution in [1.82, 2.24) is 10.2 Å². The van der Waals surface area contributed by atoms with Crippen LogP contribution in [0, 0.1) is 0 Å². The molecule has 1 aromatic rings. The summed E-state index contributed by atoms with van der Waals surface area (Å²) in [7, 11) is 0. The molecule has 2 atom stereocenters. The van der Waals surface area contributed by atoms with Crippen molar-refractivity contribution >= 4 is 0 Å². The first-order valence-electron chi connectivity index (χ1n) is 6.42. The Balaban J connectivity index is 1.85. The van der Waals surface area contributed by atoms with Crippen LogP contribution in [0.3, 0.4) is 0 Å². The van der Waals surface area contributed by atoms with Crippen LogP contribution < -0.4 is 5.32 Å². The van der Waals surface area contributed by atoms with Gasteiger partial charge in [0.05, 0.1) is 6.10 Å². The van der Waals surface area contributed by atoms with E-state index >= 15 is 0 Å². The lowest BCUT2D eigenvalue weighted by molar-refractivity contribution is 0.131. The number of hydrogen-bond acceptors (Lipinski definition) is 3. The fourth-order valence-electron chi connectivity index (χ4n) is 2.34. The van der Waals surface area contributed by atoms with E-state index in [0.29, 0.717) is 12.6 Å². The SMILES string of the molecule is CC1CN(CCc2ccccc2)CC(O)CN1. The highest BCUT2D eigenvalue weighted by Gasteiger charge is 2.19. The minimum absolute atomic E-state index is 0.240. The second-order valence-electron chi connectivity index (χ2n) is 4.96. The van der Waals surface area contributed by atoms with Gasteiger partial charge in [-0.1, -0.05) is 30.3 Å². The van der Waals surface area contributed by atoms with Crippen LogP contribution in [0.1, 0.15) is 12.5 Å². The van der Waals surface area contributed by atoms with Crippen LogP contribution >= 0.6 is 0 Å². The first kappa shape index (κ1) is 12.6. The van der Waals surface area contributed by atoms with E-state index in [1.807, 2.05) is 6.07 Å². The monoisotopic (exact) mass is 234 g/mol. The van der Waals surface area contributed by atoms with Crippen molar-refractivity contribution in [3.8, 4) is 0 Å². The fourth-order valence-corrected chi connectivity index (χ4v) is 2.34. The van der Waals surface area contributed by atoms with E-state index in [1.54, 1.807) is 0 Å². The van der Waals surface area contributed by atoms with Gasteiger partial charge in [-0.15, -0.1) is 0 Å². The molecule has 2 N–H and O–H groups in total. The molecule has 1 aliphatic heterocycles. The fraction of sp³-hybridized carbons (Fsp3) is 0.571. The Morgan fingerprint density at radius 2 is 2.06 bits per heavy atom. The van der Waals surface area contributed by atoms with E-state index in [0.717, 1.165) is 26.1 Å². The average molecular weight is 234 g/mol. The topological polar surface area (TPSA) is 35.5 Å². The molecular weight excluding hydrogens is 212 g/mol. The minimum Gasteiger partial charge on any atom is -0.390 e. The second kappa shape index (κ2) is 6.15. The number of nitrogens with zero attached hydrogens (tertiary/aromatic N) is 1. The molecule has 2 unspecified atom stereocenters. The number of benzene rings is 1. The first-order chi connectivity index (χ1) is 8.24. The Bertz CT molecular complexity index is 316. The van der Waals surface area contributed by atoms with E-state index in [1.165, 1.54) is 5.56 Å². The summed E-state index contributed by atoms with van der Waals surface area (Å²) in [6.07, 6.45) is 0.816. The number of rotatable bonds is 3. The predicted molar refractivity (Wildman–Crippen MR) is 70.1 cm³/mol. The van der Waals surface area contributed by atoms with Crippen molar-refractivity contribution in [3.63, 3.8) is 0 Å². The summed E-state index contributed by atoms with van der Waals surface area (Å²) in [5.41, 5.74) is 1.37. The molecule has 1 aliphatic rings. The van der Waals surface area contributed by atoms with Crippen LogP contribution in [0.15, 0.2) is 30.3 Å². The van der Waals surface area contributed by atoms with Gasteiger partial charge in [-0.3, -0.25) is 4.90 Å². The van der Waals surface area contributed by atoms with Crippen molar-refractivity contribution in [2.45, 2.75) is 25.5 Å². The van der Waals surface area contributed by atoms with Gasteiger partial charge in [-0.05, 0) is 18.9 Å². The molecule has 1 fully saturated rings. The number of hydrogen-bond donors (Lipinski definition) is 2. The number of aliphatic hydroxyl groups excluding tert-OH is 1. The molecule has 17 heavy (non-hydrogen) atoms. The summed E-state index contributed by atoms with van der Waals surface area (Å²) in [6.45, 7) is 5.71. The standard InChI is InChI=1S/C14H22N2O/c1-12-10-16(11-14(17)9-15-12)8-7-13-5-3-2-4-6-13/h2-6,12,14-15,17H,7-11H2,1H3. The van der Waals surface area contributed by atoms with Gasteiger partial charge in [0.2, 0.25) is 0 Å². The zero-order chi connectivity index (χ0) is 12.1. The Hall–Kier alpha value is -0.900. The second-order valence-corrected chi connectivity index (χ2v) is 4.96. The molecule has 0 amide bonds. The lowest BCUT2D eigenvalue weighted by Gasteiger charge is -2.23. The van der Waals surface area contributed by atoms with Crippen LogP contribution in [-0.4, -0.2) is 48.3 Å². The van der Waals surface area contributed by atoms with Gasteiger partial charge in [0.25, 0.3) is 0 Å². The molecule has 94 valence electrons. The Morgan fingerprint density at radius 1 is 1.29 bits per heavy atom. The summed E-state index contributed by atoms with van der Waals surface area (Å²) in [5, 5.41) is 13.1. The van der Waals surface area contributed by atoms with Crippen molar-refractivity contribution in [1.29, 1.82) is 0 Å². The van der Waals surface area contributed by atoms with E-state index < -0.39 is 0 Å². The maximum atomic E-state index is 9.77. The lowest BCUT2D eigenvalue weighted by atomic mass is 10.1. The normalized spacial score (nSPS) is 26.7. The molecule has 0 aromatic heterocycles. The third kappa shape index (κ3) is 4.11. The highest BCUT2D eigenvalue weighted by atomic mass is 16.3. The Labute approximate surface area is 103 Å². The average Bonchev–Trinajstić information content (AvgIpc) is 2.50. The van der Waals surface area contributed by atoms with Crippen LogP contribution in [0.5, 0.6) is 0 Å². The van der Waals surface area contributed by atoms with Crippen LogP contribution in [-0.2, 0) is 6.42 Å². The van der Waals surface area contributed by atoms with Gasteiger partial charge in [-0.2, -0.15) is 0 Å². The maximum absolute atomic E-state index is 9.77. The summed E-state index contributed by atoms with van der Waals surface area (Å²) >= 11 is 0. The maximum Gasteiger partial charge on any atom is 0.0791 e. The largest absolute Gasteiger partial charge is 0.390 e. The molecule has 0 radical (unpaired) electrons. The zero-order valence-electron chi connectivity index (χ0n) is 10.5. The van der Waals surface area contributed by atoms with Gasteiger partial charge in [0.15, 0.2) is 0 Å². The van der Waals surface area contributed by atoms with Crippen molar-refractivity contribution < 1.29 is 5.11 Å². The molecule has 1 aromatic carbocycles. The van der Waals surface area contributed by atoms with Gasteiger partial charge < -0.3 is 10.4 Å². The zero-order valence-corrected chi connectivity index (χ0v) is 10.5. The summed E-state index contributed by atoms with van der Waals surface area (Å²) in [6, 6.07) is 11.0. The number of β-amino-alcohol motifs (C(OH)–C–C–N with tert-alkyl or cyclic N) is 1.